The first-order valence-corrected chi connectivity index (χ1v) is 15.3. The summed E-state index contributed by atoms with van der Waals surface area (Å²) in [6.45, 7) is 0.744. The number of hydrogen-bond donors (Lipinski definition) is 1. The first kappa shape index (κ1) is 27.6. The van der Waals surface area contributed by atoms with E-state index in [0.717, 1.165) is 72.6 Å². The molecule has 1 N–H and O–H groups in total. The highest BCUT2D eigenvalue weighted by Gasteiger charge is 2.42. The zero-order chi connectivity index (χ0) is 31.9. The summed E-state index contributed by atoms with van der Waals surface area (Å²) in [7, 11) is 8.23. The summed E-state index contributed by atoms with van der Waals surface area (Å²) in [4.78, 5) is 6.57. The van der Waals surface area contributed by atoms with Gasteiger partial charge in [0.1, 0.15) is 23.5 Å². The summed E-state index contributed by atoms with van der Waals surface area (Å²) in [5.74, 6) is -0.440. The van der Waals surface area contributed by atoms with Gasteiger partial charge in [-0.25, -0.2) is 0 Å². The van der Waals surface area contributed by atoms with E-state index in [2.05, 4.69) is 102 Å². The largest absolute Gasteiger partial charge is 0.511 e. The maximum Gasteiger partial charge on any atom is 0.134 e. The maximum atomic E-state index is 12.1. The SMILES string of the molecule is CN(C)c1ccc(C2C(O)=C(c3ccc4c5c(c6ccccc6cc35)N(C)CN4C)C2=C(C#N)C#N)c2cc3ccccc3cc12. The summed E-state index contributed by atoms with van der Waals surface area (Å²) in [6.07, 6.45) is 0. The topological polar surface area (TPSA) is 77.5 Å². The smallest absolute Gasteiger partial charge is 0.134 e. The lowest BCUT2D eigenvalue weighted by molar-refractivity contribution is 0.370. The normalized spacial score (nSPS) is 15.8. The fourth-order valence-corrected chi connectivity index (χ4v) is 7.70. The van der Waals surface area contributed by atoms with Crippen LogP contribution in [0.4, 0.5) is 17.1 Å². The average Bonchev–Trinajstić information content (AvgIpc) is 3.06. The fraction of sp³-hybridized carbons (Fsp3) is 0.150. The summed E-state index contributed by atoms with van der Waals surface area (Å²) in [6, 6.07) is 35.7. The van der Waals surface area contributed by atoms with Gasteiger partial charge in [-0.05, 0) is 68.4 Å². The molecular weight excluding hydrogens is 566 g/mol. The monoisotopic (exact) mass is 597 g/mol. The van der Waals surface area contributed by atoms with Crippen LogP contribution < -0.4 is 14.7 Å². The van der Waals surface area contributed by atoms with Crippen LogP contribution in [0.25, 0.3) is 48.7 Å². The Bertz CT molecular complexity index is 2440. The Kier molecular flexibility index (Phi) is 6.00. The zero-order valence-corrected chi connectivity index (χ0v) is 26.1. The van der Waals surface area contributed by atoms with E-state index in [9.17, 15) is 15.6 Å². The highest BCUT2D eigenvalue weighted by atomic mass is 16.3. The van der Waals surface area contributed by atoms with Crippen LogP contribution >= 0.6 is 0 Å². The molecule has 6 aromatic rings. The number of rotatable bonds is 3. The van der Waals surface area contributed by atoms with Gasteiger partial charge in [0.15, 0.2) is 0 Å². The van der Waals surface area contributed by atoms with Crippen molar-refractivity contribution in [1.82, 2.24) is 0 Å². The van der Waals surface area contributed by atoms with Crippen LogP contribution in [0.5, 0.6) is 0 Å². The zero-order valence-electron chi connectivity index (χ0n) is 26.1. The molecule has 1 unspecified atom stereocenters. The number of nitrogens with zero attached hydrogens (tertiary/aromatic N) is 5. The number of nitriles is 2. The Hall–Kier alpha value is -5.98. The van der Waals surface area contributed by atoms with Crippen molar-refractivity contribution in [3.63, 3.8) is 0 Å². The number of fused-ring (bicyclic) bond motifs is 4. The van der Waals surface area contributed by atoms with Crippen LogP contribution in [0.3, 0.4) is 0 Å². The van der Waals surface area contributed by atoms with Crippen molar-refractivity contribution in [1.29, 1.82) is 10.5 Å². The van der Waals surface area contributed by atoms with E-state index in [0.29, 0.717) is 11.1 Å². The molecule has 0 saturated carbocycles. The van der Waals surface area contributed by atoms with Gasteiger partial charge < -0.3 is 19.8 Å². The summed E-state index contributed by atoms with van der Waals surface area (Å²) in [5, 5.41) is 41.2. The molecule has 0 fully saturated rings. The average molecular weight is 598 g/mol. The minimum atomic E-state index is -0.614. The molecule has 46 heavy (non-hydrogen) atoms. The lowest BCUT2D eigenvalue weighted by Gasteiger charge is -2.38. The highest BCUT2D eigenvalue weighted by molar-refractivity contribution is 6.20. The van der Waals surface area contributed by atoms with Gasteiger partial charge in [-0.15, -0.1) is 0 Å². The first-order valence-electron chi connectivity index (χ1n) is 15.3. The Balaban J connectivity index is 1.44. The quantitative estimate of drug-likeness (QED) is 0.163. The lowest BCUT2D eigenvalue weighted by Crippen LogP contribution is -2.36. The predicted octanol–water partition coefficient (Wildman–Crippen LogP) is 8.62. The van der Waals surface area contributed by atoms with Crippen LogP contribution in [0.2, 0.25) is 0 Å². The predicted molar refractivity (Wildman–Crippen MR) is 189 cm³/mol. The summed E-state index contributed by atoms with van der Waals surface area (Å²) < 4.78 is 0. The van der Waals surface area contributed by atoms with E-state index in [-0.39, 0.29) is 11.3 Å². The molecule has 0 saturated heterocycles. The molecule has 8 rings (SSSR count). The van der Waals surface area contributed by atoms with Crippen LogP contribution in [-0.2, 0) is 0 Å². The van der Waals surface area contributed by atoms with Crippen molar-refractivity contribution in [2.24, 2.45) is 0 Å². The molecule has 0 bridgehead atoms. The second kappa shape index (κ2) is 10.0. The Morgan fingerprint density at radius 2 is 1.41 bits per heavy atom. The third kappa shape index (κ3) is 3.74. The summed E-state index contributed by atoms with van der Waals surface area (Å²) in [5.41, 5.74) is 6.15. The van der Waals surface area contributed by atoms with Gasteiger partial charge in [-0.1, -0.05) is 60.7 Å². The standard InChI is InChI=1S/C40H31N5O/c1-43(2)33-15-13-28(30-17-23-9-5-6-10-24(23)18-31(30)33)37-35(26(20-41)21-42)38(40(37)46)29-14-16-34-36-32(29)19-25-11-7-8-12-27(25)39(36)45(4)22-44(34)3/h5-19,37,46H,22H2,1-4H3. The van der Waals surface area contributed by atoms with Gasteiger partial charge in [-0.3, -0.25) is 0 Å². The molecular formula is C40H31N5O. The van der Waals surface area contributed by atoms with Gasteiger partial charge in [-0.2, -0.15) is 10.5 Å². The van der Waals surface area contributed by atoms with Crippen molar-refractivity contribution in [3.05, 3.63) is 119 Å². The number of aliphatic hydroxyl groups is 1. The number of aliphatic hydroxyl groups excluding tert-OH is 1. The number of benzene rings is 6. The number of anilines is 3. The second-order valence-electron chi connectivity index (χ2n) is 12.6. The Morgan fingerprint density at radius 1 is 0.761 bits per heavy atom. The van der Waals surface area contributed by atoms with Crippen molar-refractivity contribution < 1.29 is 5.11 Å². The van der Waals surface area contributed by atoms with E-state index in [1.807, 2.05) is 44.4 Å². The fourth-order valence-electron chi connectivity index (χ4n) is 7.70. The van der Waals surface area contributed by atoms with Gasteiger partial charge >= 0.3 is 0 Å². The van der Waals surface area contributed by atoms with E-state index in [4.69, 9.17) is 0 Å². The van der Waals surface area contributed by atoms with Gasteiger partial charge in [0.25, 0.3) is 0 Å². The minimum Gasteiger partial charge on any atom is -0.511 e. The molecule has 1 aliphatic carbocycles. The third-order valence-corrected chi connectivity index (χ3v) is 9.73. The maximum absolute atomic E-state index is 12.1. The molecule has 0 amide bonds. The van der Waals surface area contributed by atoms with Crippen molar-refractivity contribution in [2.45, 2.75) is 5.92 Å². The first-order chi connectivity index (χ1) is 22.3. The van der Waals surface area contributed by atoms with Crippen LogP contribution in [0, 0.1) is 22.7 Å². The highest BCUT2D eigenvalue weighted by Crippen LogP contribution is 2.56. The molecule has 6 aromatic carbocycles. The molecule has 0 aromatic heterocycles. The Morgan fingerprint density at radius 3 is 2.11 bits per heavy atom. The molecule has 6 nitrogen and oxygen atoms in total. The molecule has 0 spiro atoms. The second-order valence-corrected chi connectivity index (χ2v) is 12.6. The lowest BCUT2D eigenvalue weighted by atomic mass is 9.68. The molecule has 1 atom stereocenters. The molecule has 1 heterocycles. The van der Waals surface area contributed by atoms with Crippen molar-refractivity contribution in [3.8, 4) is 12.1 Å². The van der Waals surface area contributed by atoms with Crippen LogP contribution in [0.15, 0.2) is 108 Å². The molecule has 222 valence electrons. The third-order valence-electron chi connectivity index (χ3n) is 9.73. The molecule has 0 radical (unpaired) electrons. The van der Waals surface area contributed by atoms with Crippen molar-refractivity contribution >= 4 is 65.7 Å². The van der Waals surface area contributed by atoms with Gasteiger partial charge in [0, 0.05) is 66.9 Å². The van der Waals surface area contributed by atoms with Crippen LogP contribution in [0.1, 0.15) is 17.0 Å². The summed E-state index contributed by atoms with van der Waals surface area (Å²) >= 11 is 0. The van der Waals surface area contributed by atoms with Crippen LogP contribution in [-0.4, -0.2) is 40.0 Å². The number of hydrogen-bond acceptors (Lipinski definition) is 6. The van der Waals surface area contributed by atoms with E-state index in [1.54, 1.807) is 0 Å². The van der Waals surface area contributed by atoms with E-state index in [1.165, 1.54) is 5.39 Å². The van der Waals surface area contributed by atoms with Gasteiger partial charge in [0.05, 0.1) is 18.3 Å². The Labute approximate surface area is 267 Å². The molecule has 1 aliphatic heterocycles. The number of allylic oxidation sites excluding steroid dienone is 3. The van der Waals surface area contributed by atoms with Crippen molar-refractivity contribution in [2.75, 3.05) is 49.6 Å². The van der Waals surface area contributed by atoms with E-state index < -0.39 is 5.92 Å². The minimum absolute atomic E-state index is 0.0167. The van der Waals surface area contributed by atoms with E-state index >= 15 is 0 Å². The molecule has 2 aliphatic rings. The molecule has 6 heteroatoms. The van der Waals surface area contributed by atoms with Gasteiger partial charge in [0.2, 0.25) is 0 Å².